The molecule has 0 aliphatic rings. The fourth-order valence-corrected chi connectivity index (χ4v) is 1.18. The fraction of sp³-hybridized carbons (Fsp3) is 0.222. The molecule has 0 saturated carbocycles. The Kier molecular flexibility index (Phi) is 3.41. The van der Waals surface area contributed by atoms with Crippen molar-refractivity contribution in [2.75, 3.05) is 13.0 Å². The molecule has 14 heavy (non-hydrogen) atoms. The van der Waals surface area contributed by atoms with Crippen LogP contribution in [0.25, 0.3) is 0 Å². The summed E-state index contributed by atoms with van der Waals surface area (Å²) in [4.78, 5) is 11.2. The molecule has 1 rings (SSSR count). The van der Waals surface area contributed by atoms with E-state index in [1.165, 1.54) is 7.11 Å². The predicted molar refractivity (Wildman–Crippen MR) is 48.0 cm³/mol. The van der Waals surface area contributed by atoms with Crippen molar-refractivity contribution in [1.82, 2.24) is 0 Å². The third kappa shape index (κ3) is 2.01. The second kappa shape index (κ2) is 4.37. The molecule has 76 valence electrons. The van der Waals surface area contributed by atoms with Gasteiger partial charge in [0.05, 0.1) is 18.6 Å². The van der Waals surface area contributed by atoms with E-state index in [4.69, 9.17) is 11.6 Å². The molecule has 0 amide bonds. The van der Waals surface area contributed by atoms with Crippen molar-refractivity contribution in [3.05, 3.63) is 29.3 Å². The molecule has 1 aromatic rings. The Balaban J connectivity index is 3.32. The molecule has 0 aliphatic carbocycles. The minimum Gasteiger partial charge on any atom is -0.496 e. The quantitative estimate of drug-likeness (QED) is 0.578. The summed E-state index contributed by atoms with van der Waals surface area (Å²) in [6, 6.07) is 1.55. The number of hydrogen-bond acceptors (Lipinski definition) is 2. The smallest absolute Gasteiger partial charge is 0.184 e. The number of methoxy groups -OCH3 is 1. The zero-order valence-electron chi connectivity index (χ0n) is 7.31. The van der Waals surface area contributed by atoms with Crippen molar-refractivity contribution in [2.24, 2.45) is 0 Å². The maximum absolute atomic E-state index is 13.1. The molecule has 0 unspecified atom stereocenters. The molecular formula is C9H7ClF2O2. The lowest BCUT2D eigenvalue weighted by Crippen LogP contribution is -2.07. The van der Waals surface area contributed by atoms with Gasteiger partial charge in [-0.15, -0.1) is 11.6 Å². The summed E-state index contributed by atoms with van der Waals surface area (Å²) < 4.78 is 30.5. The zero-order chi connectivity index (χ0) is 10.7. The summed E-state index contributed by atoms with van der Waals surface area (Å²) in [7, 11) is 1.22. The summed E-state index contributed by atoms with van der Waals surface area (Å²) >= 11 is 5.26. The van der Waals surface area contributed by atoms with Crippen molar-refractivity contribution in [1.29, 1.82) is 0 Å². The first-order valence-corrected chi connectivity index (χ1v) is 4.25. The lowest BCUT2D eigenvalue weighted by atomic mass is 10.1. The van der Waals surface area contributed by atoms with Gasteiger partial charge in [-0.1, -0.05) is 0 Å². The second-order valence-electron chi connectivity index (χ2n) is 2.52. The number of alkyl halides is 1. The summed E-state index contributed by atoms with van der Waals surface area (Å²) in [6.45, 7) is 0. The van der Waals surface area contributed by atoms with Crippen molar-refractivity contribution >= 4 is 17.4 Å². The normalized spacial score (nSPS) is 10.0. The SMILES string of the molecule is COc1cc(F)cc(F)c1C(=O)CCl. The monoisotopic (exact) mass is 220 g/mol. The molecule has 0 fully saturated rings. The van der Waals surface area contributed by atoms with Gasteiger partial charge < -0.3 is 4.74 Å². The first-order chi connectivity index (χ1) is 6.60. The van der Waals surface area contributed by atoms with E-state index in [1.807, 2.05) is 0 Å². The van der Waals surface area contributed by atoms with E-state index in [-0.39, 0.29) is 17.2 Å². The van der Waals surface area contributed by atoms with Crippen LogP contribution in [-0.4, -0.2) is 18.8 Å². The van der Waals surface area contributed by atoms with Crippen LogP contribution in [0.1, 0.15) is 10.4 Å². The van der Waals surface area contributed by atoms with E-state index in [1.54, 1.807) is 0 Å². The summed E-state index contributed by atoms with van der Waals surface area (Å²) in [5, 5.41) is 0. The van der Waals surface area contributed by atoms with Crippen molar-refractivity contribution in [3.63, 3.8) is 0 Å². The average molecular weight is 221 g/mol. The van der Waals surface area contributed by atoms with E-state index >= 15 is 0 Å². The maximum atomic E-state index is 13.1. The second-order valence-corrected chi connectivity index (χ2v) is 2.79. The zero-order valence-corrected chi connectivity index (χ0v) is 8.07. The highest BCUT2D eigenvalue weighted by molar-refractivity contribution is 6.30. The van der Waals surface area contributed by atoms with Crippen molar-refractivity contribution in [3.8, 4) is 5.75 Å². The fourth-order valence-electron chi connectivity index (χ4n) is 1.05. The summed E-state index contributed by atoms with van der Waals surface area (Å²) in [5.41, 5.74) is -0.316. The largest absolute Gasteiger partial charge is 0.496 e. The molecular weight excluding hydrogens is 214 g/mol. The van der Waals surface area contributed by atoms with Crippen LogP contribution in [0.2, 0.25) is 0 Å². The first-order valence-electron chi connectivity index (χ1n) is 3.72. The van der Waals surface area contributed by atoms with Crippen LogP contribution in [-0.2, 0) is 0 Å². The third-order valence-electron chi connectivity index (χ3n) is 1.64. The molecule has 0 atom stereocenters. The van der Waals surface area contributed by atoms with Gasteiger partial charge in [-0.3, -0.25) is 4.79 Å². The average Bonchev–Trinajstić information content (AvgIpc) is 2.15. The van der Waals surface area contributed by atoms with Gasteiger partial charge in [0.2, 0.25) is 0 Å². The van der Waals surface area contributed by atoms with E-state index in [2.05, 4.69) is 4.74 Å². The van der Waals surface area contributed by atoms with E-state index in [9.17, 15) is 13.6 Å². The summed E-state index contributed by atoms with van der Waals surface area (Å²) in [6.07, 6.45) is 0. The molecule has 0 spiro atoms. The molecule has 0 heterocycles. The van der Waals surface area contributed by atoms with Gasteiger partial charge in [0.25, 0.3) is 0 Å². The van der Waals surface area contributed by atoms with E-state index < -0.39 is 17.4 Å². The van der Waals surface area contributed by atoms with Gasteiger partial charge in [0, 0.05) is 12.1 Å². The number of ether oxygens (including phenoxy) is 1. The molecule has 0 aromatic heterocycles. The molecule has 0 aliphatic heterocycles. The van der Waals surface area contributed by atoms with Crippen LogP contribution in [0.15, 0.2) is 12.1 Å². The van der Waals surface area contributed by atoms with Gasteiger partial charge in [0.15, 0.2) is 5.78 Å². The lowest BCUT2D eigenvalue weighted by Gasteiger charge is -2.07. The van der Waals surface area contributed by atoms with Crippen LogP contribution < -0.4 is 4.74 Å². The van der Waals surface area contributed by atoms with Gasteiger partial charge in [-0.2, -0.15) is 0 Å². The maximum Gasteiger partial charge on any atom is 0.184 e. The van der Waals surface area contributed by atoms with Crippen LogP contribution in [0.4, 0.5) is 8.78 Å². The van der Waals surface area contributed by atoms with Gasteiger partial charge in [-0.05, 0) is 0 Å². The summed E-state index contributed by atoms with van der Waals surface area (Å²) in [5.74, 6) is -2.93. The predicted octanol–water partition coefficient (Wildman–Crippen LogP) is 2.39. The third-order valence-corrected chi connectivity index (χ3v) is 1.88. The molecule has 0 saturated heterocycles. The Morgan fingerprint density at radius 3 is 2.64 bits per heavy atom. The lowest BCUT2D eigenvalue weighted by molar-refractivity contribution is 0.101. The molecule has 5 heteroatoms. The number of carbonyl (C=O) groups excluding carboxylic acids is 1. The van der Waals surface area contributed by atoms with Crippen LogP contribution in [0.3, 0.4) is 0 Å². The minimum absolute atomic E-state index is 0.145. The highest BCUT2D eigenvalue weighted by atomic mass is 35.5. The molecule has 0 bridgehead atoms. The Labute approximate surface area is 84.4 Å². The molecule has 0 radical (unpaired) electrons. The standard InChI is InChI=1S/C9H7ClF2O2/c1-14-8-3-5(11)2-6(12)9(8)7(13)4-10/h2-3H,4H2,1H3. The number of ketones is 1. The Hall–Kier alpha value is -1.16. The first kappa shape index (κ1) is 10.9. The van der Waals surface area contributed by atoms with Gasteiger partial charge in [-0.25, -0.2) is 8.78 Å². The number of carbonyl (C=O) groups is 1. The van der Waals surface area contributed by atoms with Crippen LogP contribution in [0.5, 0.6) is 5.75 Å². The van der Waals surface area contributed by atoms with E-state index in [0.717, 1.165) is 6.07 Å². The van der Waals surface area contributed by atoms with Crippen molar-refractivity contribution < 1.29 is 18.3 Å². The number of hydrogen-bond donors (Lipinski definition) is 0. The number of Topliss-reactive ketones (excluding diaryl/α,β-unsaturated/α-hetero) is 1. The Bertz CT molecular complexity index is 366. The van der Waals surface area contributed by atoms with Crippen LogP contribution >= 0.6 is 11.6 Å². The van der Waals surface area contributed by atoms with Gasteiger partial charge >= 0.3 is 0 Å². The van der Waals surface area contributed by atoms with Gasteiger partial charge in [0.1, 0.15) is 17.4 Å². The number of rotatable bonds is 3. The number of halogens is 3. The molecule has 2 nitrogen and oxygen atoms in total. The van der Waals surface area contributed by atoms with Crippen molar-refractivity contribution in [2.45, 2.75) is 0 Å². The minimum atomic E-state index is -0.965. The number of benzene rings is 1. The Morgan fingerprint density at radius 2 is 2.14 bits per heavy atom. The highest BCUT2D eigenvalue weighted by Gasteiger charge is 2.18. The van der Waals surface area contributed by atoms with Crippen LogP contribution in [0, 0.1) is 11.6 Å². The topological polar surface area (TPSA) is 26.3 Å². The molecule has 0 N–H and O–H groups in total. The van der Waals surface area contributed by atoms with E-state index in [0.29, 0.717) is 6.07 Å². The highest BCUT2D eigenvalue weighted by Crippen LogP contribution is 2.23. The molecule has 1 aromatic carbocycles. The Morgan fingerprint density at radius 1 is 1.50 bits per heavy atom.